The van der Waals surface area contributed by atoms with Gasteiger partial charge in [0.2, 0.25) is 0 Å². The molecule has 0 saturated carbocycles. The molecule has 0 amide bonds. The van der Waals surface area contributed by atoms with Gasteiger partial charge in [0.05, 0.1) is 12.2 Å². The fourth-order valence-electron chi connectivity index (χ4n) is 1.96. The molecule has 0 radical (unpaired) electrons. The Kier molecular flexibility index (Phi) is 3.97. The fraction of sp³-hybridized carbons (Fsp3) is 1.00. The molecule has 0 N–H and O–H groups in total. The van der Waals surface area contributed by atoms with Gasteiger partial charge in [-0.3, -0.25) is 9.64 Å². The molecule has 0 bridgehead atoms. The first-order chi connectivity index (χ1) is 6.83. The number of ether oxygens (including phenoxy) is 2. The maximum absolute atomic E-state index is 12.0. The molecular formula is C9H16F3NO2. The van der Waals surface area contributed by atoms with Crippen LogP contribution in [0, 0.1) is 0 Å². The summed E-state index contributed by atoms with van der Waals surface area (Å²) in [6.07, 6.45) is -5.06. The zero-order chi connectivity index (χ0) is 11.6. The van der Waals surface area contributed by atoms with Gasteiger partial charge in [-0.15, -0.1) is 13.2 Å². The highest BCUT2D eigenvalue weighted by Crippen LogP contribution is 2.28. The Morgan fingerprint density at radius 2 is 2.00 bits per heavy atom. The van der Waals surface area contributed by atoms with Crippen LogP contribution in [-0.4, -0.2) is 50.2 Å². The lowest BCUT2D eigenvalue weighted by Gasteiger charge is -2.24. The van der Waals surface area contributed by atoms with Crippen molar-refractivity contribution in [2.24, 2.45) is 0 Å². The third kappa shape index (κ3) is 3.62. The largest absolute Gasteiger partial charge is 0.522 e. The number of nitrogens with zero attached hydrogens (tertiary/aromatic N) is 1. The van der Waals surface area contributed by atoms with Crippen molar-refractivity contribution in [1.82, 2.24) is 4.90 Å². The van der Waals surface area contributed by atoms with Gasteiger partial charge in [-0.25, -0.2) is 0 Å². The summed E-state index contributed by atoms with van der Waals surface area (Å²) in [5, 5.41) is 0. The van der Waals surface area contributed by atoms with Crippen LogP contribution in [0.1, 0.15) is 13.3 Å². The van der Waals surface area contributed by atoms with Crippen molar-refractivity contribution in [2.45, 2.75) is 38.0 Å². The van der Waals surface area contributed by atoms with Crippen LogP contribution in [0.4, 0.5) is 13.2 Å². The Bertz CT molecular complexity index is 210. The van der Waals surface area contributed by atoms with Gasteiger partial charge in [-0.1, -0.05) is 0 Å². The van der Waals surface area contributed by atoms with Crippen molar-refractivity contribution in [3.63, 3.8) is 0 Å². The SMILES string of the molecule is CO[C@@H](C)[C@@H]1C[C@@H](OC(F)(F)F)CN1C. The number of rotatable bonds is 3. The summed E-state index contributed by atoms with van der Waals surface area (Å²) in [5.74, 6) is 0. The molecule has 1 heterocycles. The van der Waals surface area contributed by atoms with Crippen LogP contribution >= 0.6 is 0 Å². The minimum absolute atomic E-state index is 0.0117. The summed E-state index contributed by atoms with van der Waals surface area (Å²) in [7, 11) is 3.33. The molecule has 3 atom stereocenters. The molecule has 0 unspecified atom stereocenters. The average Bonchev–Trinajstić information content (AvgIpc) is 2.42. The molecule has 1 saturated heterocycles. The molecule has 15 heavy (non-hydrogen) atoms. The Morgan fingerprint density at radius 3 is 2.47 bits per heavy atom. The molecule has 1 rings (SSSR count). The van der Waals surface area contributed by atoms with Gasteiger partial charge in [0.1, 0.15) is 0 Å². The molecular weight excluding hydrogens is 211 g/mol. The summed E-state index contributed by atoms with van der Waals surface area (Å²) in [5.41, 5.74) is 0. The van der Waals surface area contributed by atoms with Crippen molar-refractivity contribution < 1.29 is 22.6 Å². The number of hydrogen-bond acceptors (Lipinski definition) is 3. The van der Waals surface area contributed by atoms with Crippen LogP contribution in [0.3, 0.4) is 0 Å². The van der Waals surface area contributed by atoms with Crippen molar-refractivity contribution in [3.8, 4) is 0 Å². The van der Waals surface area contributed by atoms with Gasteiger partial charge in [0.25, 0.3) is 0 Å². The van der Waals surface area contributed by atoms with Gasteiger partial charge in [0.15, 0.2) is 0 Å². The van der Waals surface area contributed by atoms with E-state index in [4.69, 9.17) is 4.74 Å². The van der Waals surface area contributed by atoms with Crippen molar-refractivity contribution in [1.29, 1.82) is 0 Å². The van der Waals surface area contributed by atoms with Gasteiger partial charge < -0.3 is 4.74 Å². The molecule has 0 aromatic heterocycles. The van der Waals surface area contributed by atoms with Gasteiger partial charge in [-0.2, -0.15) is 0 Å². The van der Waals surface area contributed by atoms with Crippen LogP contribution in [0.2, 0.25) is 0 Å². The van der Waals surface area contributed by atoms with Crippen molar-refractivity contribution in [2.75, 3.05) is 20.7 Å². The lowest BCUT2D eigenvalue weighted by molar-refractivity contribution is -0.340. The summed E-state index contributed by atoms with van der Waals surface area (Å²) in [4.78, 5) is 1.84. The van der Waals surface area contributed by atoms with E-state index in [0.717, 1.165) is 0 Å². The maximum Gasteiger partial charge on any atom is 0.522 e. The second-order valence-electron chi connectivity index (χ2n) is 3.87. The molecule has 0 aromatic rings. The molecule has 1 fully saturated rings. The highest BCUT2D eigenvalue weighted by Gasteiger charge is 2.40. The third-order valence-electron chi connectivity index (χ3n) is 2.78. The van der Waals surface area contributed by atoms with Crippen LogP contribution < -0.4 is 0 Å². The lowest BCUT2D eigenvalue weighted by atomic mass is 10.1. The van der Waals surface area contributed by atoms with E-state index >= 15 is 0 Å². The zero-order valence-electron chi connectivity index (χ0n) is 9.04. The first-order valence-corrected chi connectivity index (χ1v) is 4.81. The number of likely N-dealkylation sites (tertiary alicyclic amines) is 1. The van der Waals surface area contributed by atoms with E-state index in [1.165, 1.54) is 0 Å². The van der Waals surface area contributed by atoms with Crippen molar-refractivity contribution >= 4 is 0 Å². The van der Waals surface area contributed by atoms with Gasteiger partial charge in [0, 0.05) is 19.7 Å². The second kappa shape index (κ2) is 4.67. The molecule has 1 aliphatic heterocycles. The predicted molar refractivity (Wildman–Crippen MR) is 48.4 cm³/mol. The normalized spacial score (nSPS) is 30.8. The van der Waals surface area contributed by atoms with Crippen LogP contribution in [-0.2, 0) is 9.47 Å². The van der Waals surface area contributed by atoms with Gasteiger partial charge >= 0.3 is 6.36 Å². The number of halogens is 3. The summed E-state index contributed by atoms with van der Waals surface area (Å²) in [6, 6.07) is -0.0117. The molecule has 0 aromatic carbocycles. The monoisotopic (exact) mass is 227 g/mol. The second-order valence-corrected chi connectivity index (χ2v) is 3.87. The van der Waals surface area contributed by atoms with Crippen LogP contribution in [0.15, 0.2) is 0 Å². The number of alkyl halides is 3. The van der Waals surface area contributed by atoms with Crippen LogP contribution in [0.25, 0.3) is 0 Å². The number of methoxy groups -OCH3 is 1. The number of likely N-dealkylation sites (N-methyl/N-ethyl adjacent to an activating group) is 1. The summed E-state index contributed by atoms with van der Waals surface area (Å²) < 4.78 is 45.0. The quantitative estimate of drug-likeness (QED) is 0.731. The van der Waals surface area contributed by atoms with E-state index in [0.29, 0.717) is 6.42 Å². The standard InChI is InChI=1S/C9H16F3NO2/c1-6(14-3)8-4-7(5-13(8)2)15-9(10,11)12/h6-8H,4-5H2,1-3H3/t6-,7+,8-/m0/s1. The van der Waals surface area contributed by atoms with E-state index in [9.17, 15) is 13.2 Å². The van der Waals surface area contributed by atoms with E-state index in [1.54, 1.807) is 14.2 Å². The average molecular weight is 227 g/mol. The minimum Gasteiger partial charge on any atom is -0.380 e. The molecule has 0 spiro atoms. The lowest BCUT2D eigenvalue weighted by Crippen LogP contribution is -2.35. The summed E-state index contributed by atoms with van der Waals surface area (Å²) >= 11 is 0. The smallest absolute Gasteiger partial charge is 0.380 e. The third-order valence-corrected chi connectivity index (χ3v) is 2.78. The predicted octanol–water partition coefficient (Wildman–Crippen LogP) is 1.63. The molecule has 3 nitrogen and oxygen atoms in total. The maximum atomic E-state index is 12.0. The highest BCUT2D eigenvalue weighted by molar-refractivity contribution is 4.87. The molecule has 90 valence electrons. The van der Waals surface area contributed by atoms with E-state index in [1.807, 2.05) is 11.8 Å². The van der Waals surface area contributed by atoms with Gasteiger partial charge in [-0.05, 0) is 20.4 Å². The van der Waals surface area contributed by atoms with E-state index in [-0.39, 0.29) is 18.7 Å². The van der Waals surface area contributed by atoms with E-state index < -0.39 is 12.5 Å². The topological polar surface area (TPSA) is 21.7 Å². The Hall–Kier alpha value is -0.330. The Labute approximate surface area is 87.1 Å². The van der Waals surface area contributed by atoms with E-state index in [2.05, 4.69) is 4.74 Å². The number of hydrogen-bond donors (Lipinski definition) is 0. The highest BCUT2D eigenvalue weighted by atomic mass is 19.4. The Morgan fingerprint density at radius 1 is 1.40 bits per heavy atom. The Balaban J connectivity index is 2.48. The minimum atomic E-state index is -4.54. The van der Waals surface area contributed by atoms with Crippen molar-refractivity contribution in [3.05, 3.63) is 0 Å². The first kappa shape index (κ1) is 12.7. The molecule has 1 aliphatic rings. The summed E-state index contributed by atoms with van der Waals surface area (Å²) in [6.45, 7) is 2.13. The molecule has 6 heteroatoms. The van der Waals surface area contributed by atoms with Crippen LogP contribution in [0.5, 0.6) is 0 Å². The first-order valence-electron chi connectivity index (χ1n) is 4.81. The zero-order valence-corrected chi connectivity index (χ0v) is 9.04. The molecule has 0 aliphatic carbocycles. The fourth-order valence-corrected chi connectivity index (χ4v) is 1.96.